The van der Waals surface area contributed by atoms with E-state index in [2.05, 4.69) is 0 Å². The van der Waals surface area contributed by atoms with Gasteiger partial charge in [0.25, 0.3) is 0 Å². The Balaban J connectivity index is 2.21. The number of hydrogen-bond acceptors (Lipinski definition) is 6. The molecule has 2 N–H and O–H groups in total. The van der Waals surface area contributed by atoms with Crippen LogP contribution in [0.4, 0.5) is 0 Å². The van der Waals surface area contributed by atoms with Gasteiger partial charge in [0, 0.05) is 0 Å². The predicted octanol–water partition coefficient (Wildman–Crippen LogP) is -0.0110. The van der Waals surface area contributed by atoms with Crippen molar-refractivity contribution in [2.45, 2.75) is 12.2 Å². The molecule has 1 heterocycles. The Hall–Kier alpha value is -1.80. The summed E-state index contributed by atoms with van der Waals surface area (Å²) >= 11 is 0. The first-order valence-electron chi connectivity index (χ1n) is 5.78. The summed E-state index contributed by atoms with van der Waals surface area (Å²) in [5.74, 6) is -0.989. The van der Waals surface area contributed by atoms with Gasteiger partial charge >= 0.3 is 5.97 Å². The highest BCUT2D eigenvalue weighted by molar-refractivity contribution is 7.92. The van der Waals surface area contributed by atoms with Gasteiger partial charge in [-0.1, -0.05) is 6.07 Å². The molecule has 0 spiro atoms. The number of aliphatic hydroxyl groups excluding tert-OH is 1. The van der Waals surface area contributed by atoms with Gasteiger partial charge in [0.15, 0.2) is 27.4 Å². The molecule has 0 aromatic heterocycles. The van der Waals surface area contributed by atoms with Crippen LogP contribution in [-0.4, -0.2) is 49.3 Å². The largest absolute Gasteiger partial charge is 0.493 e. The van der Waals surface area contributed by atoms with Crippen LogP contribution in [0.25, 0.3) is 0 Å². The van der Waals surface area contributed by atoms with E-state index in [-0.39, 0.29) is 22.8 Å². The lowest BCUT2D eigenvalue weighted by Crippen LogP contribution is -2.45. The van der Waals surface area contributed by atoms with Gasteiger partial charge < -0.3 is 19.7 Å². The molecule has 1 fully saturated rings. The van der Waals surface area contributed by atoms with Gasteiger partial charge in [0.2, 0.25) is 0 Å². The number of hydrogen-bond donors (Lipinski definition) is 2. The Bertz CT molecular complexity index is 611. The van der Waals surface area contributed by atoms with E-state index in [0.29, 0.717) is 5.75 Å². The number of aliphatic hydroxyl groups is 1. The van der Waals surface area contributed by atoms with Gasteiger partial charge in [0.05, 0.1) is 18.6 Å². The molecule has 0 bridgehead atoms. The summed E-state index contributed by atoms with van der Waals surface area (Å²) < 4.78 is 32.7. The van der Waals surface area contributed by atoms with Gasteiger partial charge in [-0.3, -0.25) is 0 Å². The fraction of sp³-hybridized carbons (Fsp3) is 0.417. The zero-order chi connectivity index (χ0) is 14.9. The van der Waals surface area contributed by atoms with Crippen molar-refractivity contribution in [3.05, 3.63) is 23.8 Å². The molecule has 1 unspecified atom stereocenters. The number of sulfone groups is 1. The molecule has 1 aliphatic rings. The summed E-state index contributed by atoms with van der Waals surface area (Å²) in [6.45, 7) is 0. The second-order valence-corrected chi connectivity index (χ2v) is 6.62. The molecule has 1 aromatic carbocycles. The minimum atomic E-state index is -3.02. The van der Waals surface area contributed by atoms with Crippen molar-refractivity contribution in [2.24, 2.45) is 0 Å². The van der Waals surface area contributed by atoms with Gasteiger partial charge in [-0.2, -0.15) is 0 Å². The normalized spacial score (nSPS) is 18.9. The SMILES string of the molecule is COc1ccc(C(O)C(=O)O)cc1OC1CS(=O)(=O)C1. The second-order valence-electron chi connectivity index (χ2n) is 4.47. The third-order valence-corrected chi connectivity index (χ3v) is 4.67. The van der Waals surface area contributed by atoms with Crippen LogP contribution in [0.1, 0.15) is 11.7 Å². The maximum absolute atomic E-state index is 11.1. The van der Waals surface area contributed by atoms with Crippen molar-refractivity contribution in [1.29, 1.82) is 0 Å². The molecule has 0 aliphatic carbocycles. The van der Waals surface area contributed by atoms with E-state index in [4.69, 9.17) is 14.6 Å². The molecule has 1 aliphatic heterocycles. The van der Waals surface area contributed by atoms with Crippen molar-refractivity contribution in [2.75, 3.05) is 18.6 Å². The third-order valence-electron chi connectivity index (χ3n) is 2.91. The predicted molar refractivity (Wildman–Crippen MR) is 68.7 cm³/mol. The summed E-state index contributed by atoms with van der Waals surface area (Å²) in [5, 5.41) is 18.2. The Kier molecular flexibility index (Phi) is 3.87. The number of aliphatic carboxylic acids is 1. The minimum absolute atomic E-state index is 0.0815. The number of ether oxygens (including phenoxy) is 2. The van der Waals surface area contributed by atoms with Crippen molar-refractivity contribution >= 4 is 15.8 Å². The fourth-order valence-electron chi connectivity index (χ4n) is 1.86. The van der Waals surface area contributed by atoms with Crippen LogP contribution in [-0.2, 0) is 14.6 Å². The van der Waals surface area contributed by atoms with Crippen LogP contribution in [0.15, 0.2) is 18.2 Å². The lowest BCUT2D eigenvalue weighted by molar-refractivity contribution is -0.146. The molecule has 1 saturated heterocycles. The summed E-state index contributed by atoms with van der Waals surface area (Å²) in [5.41, 5.74) is 0.135. The van der Waals surface area contributed by atoms with Gasteiger partial charge in [-0.05, 0) is 17.7 Å². The Morgan fingerprint density at radius 2 is 2.00 bits per heavy atom. The van der Waals surface area contributed by atoms with E-state index in [9.17, 15) is 18.3 Å². The number of rotatable bonds is 5. The van der Waals surface area contributed by atoms with Crippen molar-refractivity contribution in [1.82, 2.24) is 0 Å². The summed E-state index contributed by atoms with van der Waals surface area (Å²) in [6.07, 6.45) is -2.15. The third kappa shape index (κ3) is 3.02. The van der Waals surface area contributed by atoms with Crippen molar-refractivity contribution in [3.8, 4) is 11.5 Å². The zero-order valence-electron chi connectivity index (χ0n) is 10.6. The summed E-state index contributed by atoms with van der Waals surface area (Å²) in [4.78, 5) is 10.7. The van der Waals surface area contributed by atoms with Crippen LogP contribution >= 0.6 is 0 Å². The Labute approximate surface area is 115 Å². The number of carboxylic acids is 1. The zero-order valence-corrected chi connectivity index (χ0v) is 11.5. The lowest BCUT2D eigenvalue weighted by atomic mass is 10.1. The van der Waals surface area contributed by atoms with Crippen molar-refractivity contribution < 1.29 is 32.9 Å². The lowest BCUT2D eigenvalue weighted by Gasteiger charge is -2.27. The molecule has 0 amide bonds. The first-order valence-corrected chi connectivity index (χ1v) is 7.60. The summed E-state index contributed by atoms with van der Waals surface area (Å²) in [7, 11) is -1.61. The topological polar surface area (TPSA) is 110 Å². The van der Waals surface area contributed by atoms with Crippen LogP contribution in [0, 0.1) is 0 Å². The first kappa shape index (κ1) is 14.6. The molecule has 1 aromatic rings. The maximum Gasteiger partial charge on any atom is 0.337 e. The highest BCUT2D eigenvalue weighted by Gasteiger charge is 2.35. The fourth-order valence-corrected chi connectivity index (χ4v) is 3.03. The van der Waals surface area contributed by atoms with Crippen LogP contribution in [0.5, 0.6) is 11.5 Å². The number of methoxy groups -OCH3 is 1. The quantitative estimate of drug-likeness (QED) is 0.787. The van der Waals surface area contributed by atoms with E-state index in [1.165, 1.54) is 25.3 Å². The minimum Gasteiger partial charge on any atom is -0.493 e. The molecule has 110 valence electrons. The van der Waals surface area contributed by atoms with E-state index in [1.54, 1.807) is 0 Å². The number of benzene rings is 1. The molecular weight excluding hydrogens is 288 g/mol. The molecule has 0 saturated carbocycles. The monoisotopic (exact) mass is 302 g/mol. The van der Waals surface area contributed by atoms with E-state index < -0.39 is 28.0 Å². The molecular formula is C12H14O7S. The van der Waals surface area contributed by atoms with Gasteiger partial charge in [-0.15, -0.1) is 0 Å². The average Bonchev–Trinajstić information content (AvgIpc) is 2.35. The molecule has 20 heavy (non-hydrogen) atoms. The Morgan fingerprint density at radius 1 is 1.35 bits per heavy atom. The van der Waals surface area contributed by atoms with Gasteiger partial charge in [0.1, 0.15) is 6.10 Å². The van der Waals surface area contributed by atoms with Crippen LogP contribution in [0.3, 0.4) is 0 Å². The second kappa shape index (κ2) is 5.29. The molecule has 8 heteroatoms. The summed E-state index contributed by atoms with van der Waals surface area (Å²) in [6, 6.07) is 4.20. The van der Waals surface area contributed by atoms with Crippen molar-refractivity contribution in [3.63, 3.8) is 0 Å². The van der Waals surface area contributed by atoms with Crippen LogP contribution in [0.2, 0.25) is 0 Å². The number of carboxylic acid groups (broad SMARTS) is 1. The standard InChI is InChI=1S/C12H14O7S/c1-18-9-3-2-7(11(13)12(14)15)4-10(9)19-8-5-20(16,17)6-8/h2-4,8,11,13H,5-6H2,1H3,(H,14,15). The molecule has 2 rings (SSSR count). The number of carbonyl (C=O) groups is 1. The van der Waals surface area contributed by atoms with E-state index >= 15 is 0 Å². The van der Waals surface area contributed by atoms with E-state index in [1.807, 2.05) is 0 Å². The molecule has 0 radical (unpaired) electrons. The van der Waals surface area contributed by atoms with Crippen LogP contribution < -0.4 is 9.47 Å². The maximum atomic E-state index is 11.1. The highest BCUT2D eigenvalue weighted by atomic mass is 32.2. The smallest absolute Gasteiger partial charge is 0.337 e. The highest BCUT2D eigenvalue weighted by Crippen LogP contribution is 2.32. The molecule has 7 nitrogen and oxygen atoms in total. The molecule has 1 atom stereocenters. The average molecular weight is 302 g/mol. The Morgan fingerprint density at radius 3 is 2.50 bits per heavy atom. The van der Waals surface area contributed by atoms with Gasteiger partial charge in [-0.25, -0.2) is 13.2 Å². The first-order chi connectivity index (χ1) is 9.32. The van der Waals surface area contributed by atoms with E-state index in [0.717, 1.165) is 0 Å².